The van der Waals surface area contributed by atoms with Crippen LogP contribution in [-0.2, 0) is 76.3 Å². The number of carbonyl (C=O) groups excluding carboxylic acids is 7. The van der Waals surface area contributed by atoms with Crippen LogP contribution in [0.2, 0.25) is 0 Å². The summed E-state index contributed by atoms with van der Waals surface area (Å²) in [5, 5.41) is 41.2. The van der Waals surface area contributed by atoms with Crippen LogP contribution in [0, 0.1) is 0 Å². The van der Waals surface area contributed by atoms with E-state index in [0.29, 0.717) is 46.0 Å². The number of nitrogens with two attached hydrogens (primary N) is 2. The summed E-state index contributed by atoms with van der Waals surface area (Å²) in [5.74, 6) is 1.07. The monoisotopic (exact) mass is 2370 g/mol. The third-order valence-corrected chi connectivity index (χ3v) is 33.5. The maximum Gasteiger partial charge on any atom is 0.324 e. The molecular formula is C106H188N12O18S14. The summed E-state index contributed by atoms with van der Waals surface area (Å²) in [6.45, 7) is 73.5. The van der Waals surface area contributed by atoms with Crippen molar-refractivity contribution in [3.8, 4) is 0 Å². The van der Waals surface area contributed by atoms with Gasteiger partial charge in [-0.15, -0.1) is 0 Å². The Balaban J connectivity index is -0.000000398. The SMILES string of the molecule is CC.CC.CC.CC.CC(C)NC(CSSC(C)(C)C(N)C(=O)O)C(=O)OC(C)C.CC(C)NC(CSSCC(N)C(=O)O)C(=O)OC(C)C.CC(C)NC(CSSc1ccccc1)C(=O)OC(C)C.CC(C)NC(CSSc1ccccc1)C(=O)OC(C)C.CC(C)NC(CSSc1ccccn1)C(=O)OC(C)C.CC(C)NC(CSSc1cccnc1)C(=O)OC(C)C.CC(C)NC(CSSc1ccncc1)C(=O)OC(C)C. The molecule has 0 radical (unpaired) electrons. The molecule has 0 saturated carbocycles. The fourth-order valence-corrected chi connectivity index (χ4v) is 26.0. The largest absolute Gasteiger partial charge is 0.480 e. The van der Waals surface area contributed by atoms with Crippen LogP contribution >= 0.6 is 151 Å². The molecule has 2 aromatic carbocycles. The first-order valence-electron chi connectivity index (χ1n) is 51.2. The summed E-state index contributed by atoms with van der Waals surface area (Å²) in [6.07, 6.45) is 8.11. The minimum absolute atomic E-state index is 0.0780. The molecule has 0 bridgehead atoms. The molecule has 30 nitrogen and oxygen atoms in total. The predicted molar refractivity (Wildman–Crippen MR) is 656 cm³/mol. The van der Waals surface area contributed by atoms with Crippen LogP contribution in [0.15, 0.2) is 159 Å². The Labute approximate surface area is 958 Å². The average Bonchev–Trinajstić information content (AvgIpc) is 0.860. The van der Waals surface area contributed by atoms with E-state index in [1.807, 2.05) is 307 Å². The second-order valence-corrected chi connectivity index (χ2v) is 53.4. The Hall–Kier alpha value is -4.34. The van der Waals surface area contributed by atoms with E-state index < -0.39 is 40.9 Å². The topological polar surface area (TPSA) is 434 Å². The van der Waals surface area contributed by atoms with E-state index in [-0.39, 0.29) is 157 Å². The third-order valence-electron chi connectivity index (χ3n) is 15.9. The lowest BCUT2D eigenvalue weighted by Crippen LogP contribution is -2.47. The summed E-state index contributed by atoms with van der Waals surface area (Å²) >= 11 is 0. The van der Waals surface area contributed by atoms with Gasteiger partial charge in [0.2, 0.25) is 0 Å². The number of esters is 7. The van der Waals surface area contributed by atoms with Gasteiger partial charge in [-0.1, -0.05) is 335 Å². The molecule has 5 rings (SSSR count). The molecule has 0 saturated heterocycles. The molecule has 5 aromatic rings. The van der Waals surface area contributed by atoms with Crippen molar-refractivity contribution in [3.05, 3.63) is 134 Å². The standard InChI is InChI=1S/2C15H23NO2S2.C14H28N2O4S2.3C14H22N2O2S2.C12H24N2O4S2.4C2H6/c2*1-11(2)16-14(15(17)18-12(3)4)10-19-20-13-8-6-5-7-9-13;1-8(2)16-10(13(19)20-9(3)4)7-21-22-14(5,6)11(15)12(17)18;1-10(2)16-13(14(17)18-11(3)4)9-19-20-12-5-7-15-8-6-12;1-10(2)16-13(14(17)18-11(3)4)9-19-20-12-6-5-7-15-8-12;1-10(2)16-12(14(17)18-11(3)4)9-19-20-13-7-5-6-8-15-13;1-7(2)14-10(12(17)18-8(3)4)6-20-19-5-9(13)11(15)16;4*1-2/h2*5-9,11-12,14,16H,10H2,1-4H3;8-11,16H,7,15H2,1-6H3,(H,17,18);2*5-8,10-11,13,16H,9H2,1-4H3;5-8,10-12,16H,9H2,1-4H3;7-10,14H,5-6,13H2,1-4H3,(H,15,16);4*1-2H3. The lowest BCUT2D eigenvalue weighted by Gasteiger charge is -2.28. The molecule has 0 amide bonds. The van der Waals surface area contributed by atoms with Crippen LogP contribution in [-0.4, -0.2) is 269 Å². The zero-order chi connectivity index (χ0) is 116. The molecule has 150 heavy (non-hydrogen) atoms. The highest BCUT2D eigenvalue weighted by atomic mass is 33.1. The van der Waals surface area contributed by atoms with Crippen molar-refractivity contribution >= 4 is 205 Å². The van der Waals surface area contributed by atoms with Gasteiger partial charge in [-0.3, -0.25) is 53.1 Å². The van der Waals surface area contributed by atoms with Gasteiger partial charge in [0.05, 0.1) is 42.7 Å². The molecule has 44 heteroatoms. The molecule has 0 aliphatic heterocycles. The van der Waals surface area contributed by atoms with Gasteiger partial charge < -0.3 is 92.1 Å². The quantitative estimate of drug-likeness (QED) is 0.00745. The van der Waals surface area contributed by atoms with Crippen LogP contribution in [0.25, 0.3) is 0 Å². The van der Waals surface area contributed by atoms with Crippen molar-refractivity contribution in [2.24, 2.45) is 11.5 Å². The van der Waals surface area contributed by atoms with E-state index in [1.165, 1.54) is 53.0 Å². The van der Waals surface area contributed by atoms with Crippen molar-refractivity contribution in [2.45, 2.75) is 432 Å². The number of carbonyl (C=O) groups is 9. The highest BCUT2D eigenvalue weighted by Gasteiger charge is 2.35. The molecule has 3 heterocycles. The minimum Gasteiger partial charge on any atom is -0.480 e. The van der Waals surface area contributed by atoms with E-state index in [2.05, 4.69) is 76.4 Å². The Bertz CT molecular complexity index is 3690. The molecule has 13 N–H and O–H groups in total. The first-order chi connectivity index (χ1) is 70.6. The first kappa shape index (κ1) is 156. The average molecular weight is 2370 g/mol. The van der Waals surface area contributed by atoms with Gasteiger partial charge in [0.15, 0.2) is 0 Å². The summed E-state index contributed by atoms with van der Waals surface area (Å²) in [4.78, 5) is 122. The maximum absolute atomic E-state index is 12.1. The van der Waals surface area contributed by atoms with E-state index in [4.69, 9.17) is 54.8 Å². The maximum atomic E-state index is 12.1. The van der Waals surface area contributed by atoms with E-state index >= 15 is 0 Å². The zero-order valence-corrected chi connectivity index (χ0v) is 108. The highest BCUT2D eigenvalue weighted by Crippen LogP contribution is 2.39. The number of ether oxygens (including phenoxy) is 7. The Morgan fingerprint density at radius 2 is 0.520 bits per heavy atom. The number of hydrogen-bond donors (Lipinski definition) is 11. The third kappa shape index (κ3) is 92.6. The fourth-order valence-electron chi connectivity index (χ4n) is 10.2. The van der Waals surface area contributed by atoms with Crippen molar-refractivity contribution in [2.75, 3.05) is 46.0 Å². The molecule has 9 unspecified atom stereocenters. The smallest absolute Gasteiger partial charge is 0.324 e. The number of hydrogen-bond acceptors (Lipinski definition) is 42. The number of nitrogens with one attached hydrogen (secondary N) is 7. The van der Waals surface area contributed by atoms with Crippen LogP contribution in [0.5, 0.6) is 0 Å². The van der Waals surface area contributed by atoms with Gasteiger partial charge >= 0.3 is 53.7 Å². The number of aromatic nitrogens is 3. The highest BCUT2D eigenvalue weighted by molar-refractivity contribution is 8.78. The van der Waals surface area contributed by atoms with Crippen molar-refractivity contribution in [1.82, 2.24) is 52.2 Å². The van der Waals surface area contributed by atoms with Crippen LogP contribution < -0.4 is 48.7 Å². The van der Waals surface area contributed by atoms with Gasteiger partial charge in [0, 0.05) is 144 Å². The second-order valence-electron chi connectivity index (χ2n) is 35.8. The zero-order valence-electron chi connectivity index (χ0n) is 96.3. The first-order valence-corrected chi connectivity index (χ1v) is 67.6. The molecule has 0 spiro atoms. The number of benzene rings is 2. The van der Waals surface area contributed by atoms with Gasteiger partial charge in [0.1, 0.15) is 59.4 Å². The van der Waals surface area contributed by atoms with Crippen LogP contribution in [0.1, 0.15) is 263 Å². The van der Waals surface area contributed by atoms with Gasteiger partial charge in [-0.05, 0) is 182 Å². The predicted octanol–water partition coefficient (Wildman–Crippen LogP) is 24.0. The Kier molecular flexibility index (Phi) is 103. The van der Waals surface area contributed by atoms with Gasteiger partial charge in [0.25, 0.3) is 0 Å². The molecule has 3 aromatic heterocycles. The number of pyridine rings is 3. The molecule has 0 aliphatic carbocycles. The van der Waals surface area contributed by atoms with Gasteiger partial charge in [-0.2, -0.15) is 0 Å². The number of nitrogens with zero attached hydrogens (tertiary/aromatic N) is 3. The molecule has 864 valence electrons. The fraction of sp³-hybridized carbons (Fsp3) is 0.660. The summed E-state index contributed by atoms with van der Waals surface area (Å²) in [5.41, 5.74) is 11.1. The van der Waals surface area contributed by atoms with E-state index in [9.17, 15) is 43.2 Å². The van der Waals surface area contributed by atoms with Crippen molar-refractivity contribution in [3.63, 3.8) is 0 Å². The number of aliphatic carboxylic acids is 2. The second kappa shape index (κ2) is 99.0. The van der Waals surface area contributed by atoms with Crippen LogP contribution in [0.4, 0.5) is 0 Å². The van der Waals surface area contributed by atoms with Crippen LogP contribution in [0.3, 0.4) is 0 Å². The van der Waals surface area contributed by atoms with Crippen molar-refractivity contribution < 1.29 is 86.5 Å². The summed E-state index contributed by atoms with van der Waals surface area (Å²) in [6, 6.07) is 31.4. The van der Waals surface area contributed by atoms with E-state index in [1.54, 1.807) is 174 Å². The normalized spacial score (nSPS) is 12.7. The molecular weight excluding hydrogens is 2180 g/mol. The van der Waals surface area contributed by atoms with E-state index in [0.717, 1.165) is 14.8 Å². The number of rotatable bonds is 60. The minimum atomic E-state index is -1.03. The summed E-state index contributed by atoms with van der Waals surface area (Å²) in [7, 11) is 21.9. The molecule has 0 aliphatic rings. The van der Waals surface area contributed by atoms with Gasteiger partial charge in [-0.25, -0.2) is 4.98 Å². The molecule has 0 fully saturated rings. The Morgan fingerprint density at radius 3 is 0.760 bits per heavy atom. The summed E-state index contributed by atoms with van der Waals surface area (Å²) < 4.78 is 36.2. The Morgan fingerprint density at radius 1 is 0.280 bits per heavy atom. The lowest BCUT2D eigenvalue weighted by atomic mass is 10.1. The van der Waals surface area contributed by atoms with Crippen molar-refractivity contribution in [1.29, 1.82) is 0 Å². The number of carboxylic acid groups (broad SMARTS) is 2. The molecule has 9 atom stereocenters. The number of carboxylic acids is 2. The lowest BCUT2D eigenvalue weighted by molar-refractivity contribution is -0.150.